The van der Waals surface area contributed by atoms with Crippen molar-refractivity contribution in [2.75, 3.05) is 14.2 Å². The summed E-state index contributed by atoms with van der Waals surface area (Å²) in [6.45, 7) is 3.66. The van der Waals surface area contributed by atoms with Crippen LogP contribution in [0.25, 0.3) is 0 Å². The minimum Gasteiger partial charge on any atom is -0.468 e. The number of allylic oxidation sites excluding steroid dienone is 1. The topological polar surface area (TPSA) is 52.6 Å². The predicted molar refractivity (Wildman–Crippen MR) is 71.9 cm³/mol. The third-order valence-corrected chi connectivity index (χ3v) is 3.13. The highest BCUT2D eigenvalue weighted by Crippen LogP contribution is 2.32. The fourth-order valence-corrected chi connectivity index (χ4v) is 2.09. The van der Waals surface area contributed by atoms with Crippen LogP contribution in [0.1, 0.15) is 11.5 Å². The lowest BCUT2D eigenvalue weighted by atomic mass is 9.86. The lowest BCUT2D eigenvalue weighted by molar-refractivity contribution is -0.159. The van der Waals surface area contributed by atoms with Gasteiger partial charge in [0.1, 0.15) is 0 Å². The smallest absolute Gasteiger partial charge is 0.321 e. The van der Waals surface area contributed by atoms with Crippen LogP contribution in [0.15, 0.2) is 36.9 Å². The van der Waals surface area contributed by atoms with Crippen LogP contribution in [0.5, 0.6) is 0 Å². The Morgan fingerprint density at radius 3 is 2.16 bits per heavy atom. The average molecular weight is 283 g/mol. The summed E-state index contributed by atoms with van der Waals surface area (Å²) in [6, 6.07) is 6.94. The van der Waals surface area contributed by atoms with Gasteiger partial charge in [0.05, 0.1) is 14.2 Å². The maximum Gasteiger partial charge on any atom is 0.321 e. The molecule has 19 heavy (non-hydrogen) atoms. The fraction of sp³-hybridized carbons (Fsp3) is 0.286. The highest BCUT2D eigenvalue weighted by atomic mass is 35.5. The fourth-order valence-electron chi connectivity index (χ4n) is 1.83. The maximum absolute atomic E-state index is 11.8. The Morgan fingerprint density at radius 2 is 1.74 bits per heavy atom. The summed E-state index contributed by atoms with van der Waals surface area (Å²) in [5.74, 6) is -3.09. The van der Waals surface area contributed by atoms with Gasteiger partial charge >= 0.3 is 11.9 Å². The van der Waals surface area contributed by atoms with Crippen LogP contribution >= 0.6 is 11.6 Å². The van der Waals surface area contributed by atoms with E-state index >= 15 is 0 Å². The van der Waals surface area contributed by atoms with E-state index in [4.69, 9.17) is 11.6 Å². The molecule has 1 unspecified atom stereocenters. The molecule has 1 aromatic carbocycles. The van der Waals surface area contributed by atoms with Gasteiger partial charge in [0, 0.05) is 10.9 Å². The van der Waals surface area contributed by atoms with Crippen molar-refractivity contribution in [1.29, 1.82) is 0 Å². The van der Waals surface area contributed by atoms with Crippen molar-refractivity contribution in [1.82, 2.24) is 0 Å². The quantitative estimate of drug-likeness (QED) is 0.473. The first-order chi connectivity index (χ1) is 9.06. The number of carbonyl (C=O) groups excluding carboxylic acids is 2. The van der Waals surface area contributed by atoms with E-state index in [-0.39, 0.29) is 0 Å². The molecule has 0 saturated heterocycles. The molecule has 1 atom stereocenters. The second-order valence-electron chi connectivity index (χ2n) is 3.81. The monoisotopic (exact) mass is 282 g/mol. The van der Waals surface area contributed by atoms with Crippen LogP contribution in [0.4, 0.5) is 0 Å². The van der Waals surface area contributed by atoms with Gasteiger partial charge in [-0.25, -0.2) is 0 Å². The van der Waals surface area contributed by atoms with E-state index in [9.17, 15) is 9.59 Å². The number of esters is 2. The third kappa shape index (κ3) is 3.35. The first-order valence-corrected chi connectivity index (χ1v) is 5.97. The number of methoxy groups -OCH3 is 2. The van der Waals surface area contributed by atoms with Crippen molar-refractivity contribution in [2.45, 2.75) is 5.92 Å². The number of ether oxygens (including phenoxy) is 2. The molecule has 0 heterocycles. The number of rotatable bonds is 5. The molecular formula is C14H15ClO4. The second kappa shape index (κ2) is 6.95. The van der Waals surface area contributed by atoms with Crippen molar-refractivity contribution in [2.24, 2.45) is 5.92 Å². The average Bonchev–Trinajstić information content (AvgIpc) is 2.44. The zero-order chi connectivity index (χ0) is 14.4. The summed E-state index contributed by atoms with van der Waals surface area (Å²) in [4.78, 5) is 23.6. The molecule has 0 bridgehead atoms. The van der Waals surface area contributed by atoms with Gasteiger partial charge in [-0.05, 0) is 11.6 Å². The molecule has 1 rings (SSSR count). The van der Waals surface area contributed by atoms with E-state index in [0.717, 1.165) is 0 Å². The molecule has 0 radical (unpaired) electrons. The molecule has 0 aromatic heterocycles. The summed E-state index contributed by atoms with van der Waals surface area (Å²) in [5.41, 5.74) is 0.625. The molecule has 0 aliphatic heterocycles. The zero-order valence-electron chi connectivity index (χ0n) is 10.8. The number of halogens is 1. The molecule has 102 valence electrons. The Balaban J connectivity index is 3.24. The van der Waals surface area contributed by atoms with Crippen LogP contribution in [0.2, 0.25) is 5.02 Å². The second-order valence-corrected chi connectivity index (χ2v) is 4.21. The molecule has 0 aliphatic carbocycles. The molecule has 0 N–H and O–H groups in total. The number of hydrogen-bond donors (Lipinski definition) is 0. The molecule has 0 fully saturated rings. The zero-order valence-corrected chi connectivity index (χ0v) is 11.5. The van der Waals surface area contributed by atoms with Crippen molar-refractivity contribution >= 4 is 23.5 Å². The van der Waals surface area contributed by atoms with E-state index in [1.807, 2.05) is 0 Å². The van der Waals surface area contributed by atoms with Crippen LogP contribution in [0.3, 0.4) is 0 Å². The van der Waals surface area contributed by atoms with E-state index in [1.54, 1.807) is 24.3 Å². The molecule has 0 aliphatic rings. The van der Waals surface area contributed by atoms with Gasteiger partial charge in [-0.3, -0.25) is 9.59 Å². The van der Waals surface area contributed by atoms with Gasteiger partial charge in [-0.2, -0.15) is 0 Å². The van der Waals surface area contributed by atoms with Gasteiger partial charge in [0.2, 0.25) is 0 Å². The van der Waals surface area contributed by atoms with Crippen molar-refractivity contribution in [3.8, 4) is 0 Å². The summed E-state index contributed by atoms with van der Waals surface area (Å²) >= 11 is 6.09. The van der Waals surface area contributed by atoms with Crippen LogP contribution in [0, 0.1) is 5.92 Å². The Morgan fingerprint density at radius 1 is 1.21 bits per heavy atom. The normalized spacial score (nSPS) is 11.8. The van der Waals surface area contributed by atoms with Crippen LogP contribution < -0.4 is 0 Å². The summed E-state index contributed by atoms with van der Waals surface area (Å²) in [6.07, 6.45) is 1.49. The van der Waals surface area contributed by atoms with E-state index in [2.05, 4.69) is 16.1 Å². The SMILES string of the molecule is C=CC(c1ccccc1Cl)C(C(=O)OC)C(=O)OC. The summed E-state index contributed by atoms with van der Waals surface area (Å²) in [7, 11) is 2.43. The van der Waals surface area contributed by atoms with Gasteiger partial charge < -0.3 is 9.47 Å². The number of benzene rings is 1. The van der Waals surface area contributed by atoms with Crippen molar-refractivity contribution < 1.29 is 19.1 Å². The minimum atomic E-state index is -1.12. The molecule has 0 amide bonds. The van der Waals surface area contributed by atoms with Crippen molar-refractivity contribution in [3.63, 3.8) is 0 Å². The molecule has 5 heteroatoms. The van der Waals surface area contributed by atoms with Gasteiger partial charge in [0.25, 0.3) is 0 Å². The van der Waals surface area contributed by atoms with E-state index in [1.165, 1.54) is 20.3 Å². The molecule has 0 saturated carbocycles. The Labute approximate surface area is 117 Å². The van der Waals surface area contributed by atoms with Crippen LogP contribution in [-0.4, -0.2) is 26.2 Å². The largest absolute Gasteiger partial charge is 0.468 e. The summed E-state index contributed by atoms with van der Waals surface area (Å²) in [5, 5.41) is 0.449. The number of hydrogen-bond acceptors (Lipinski definition) is 4. The highest BCUT2D eigenvalue weighted by Gasteiger charge is 2.36. The molecular weight excluding hydrogens is 268 g/mol. The minimum absolute atomic E-state index is 0.449. The molecule has 0 spiro atoms. The Kier molecular flexibility index (Phi) is 5.57. The molecule has 1 aromatic rings. The van der Waals surface area contributed by atoms with Crippen molar-refractivity contribution in [3.05, 3.63) is 47.5 Å². The first kappa shape index (κ1) is 15.2. The highest BCUT2D eigenvalue weighted by molar-refractivity contribution is 6.31. The van der Waals surface area contributed by atoms with E-state index in [0.29, 0.717) is 10.6 Å². The van der Waals surface area contributed by atoms with Gasteiger partial charge in [-0.15, -0.1) is 6.58 Å². The maximum atomic E-state index is 11.8. The third-order valence-electron chi connectivity index (χ3n) is 2.79. The van der Waals surface area contributed by atoms with Crippen LogP contribution in [-0.2, 0) is 19.1 Å². The Bertz CT molecular complexity index is 468. The predicted octanol–water partition coefficient (Wildman–Crippen LogP) is 2.57. The number of carbonyl (C=O) groups is 2. The first-order valence-electron chi connectivity index (χ1n) is 5.59. The lowest BCUT2D eigenvalue weighted by Crippen LogP contribution is -2.31. The lowest BCUT2D eigenvalue weighted by Gasteiger charge is -2.21. The van der Waals surface area contributed by atoms with Gasteiger partial charge in [-0.1, -0.05) is 35.9 Å². The van der Waals surface area contributed by atoms with E-state index < -0.39 is 23.8 Å². The standard InChI is InChI=1S/C14H15ClO4/c1-4-9(10-7-5-6-8-11(10)15)12(13(16)18-2)14(17)19-3/h4-9,12H,1H2,2-3H3. The molecule has 4 nitrogen and oxygen atoms in total. The summed E-state index contributed by atoms with van der Waals surface area (Å²) < 4.78 is 9.30. The Hall–Kier alpha value is -1.81. The van der Waals surface area contributed by atoms with Gasteiger partial charge in [0.15, 0.2) is 5.92 Å².